The molecule has 160 valence electrons. The van der Waals surface area contributed by atoms with E-state index in [0.29, 0.717) is 38.4 Å². The number of halogens is 1. The van der Waals surface area contributed by atoms with E-state index in [0.717, 1.165) is 0 Å². The van der Waals surface area contributed by atoms with Gasteiger partial charge in [0, 0.05) is 37.3 Å². The summed E-state index contributed by atoms with van der Waals surface area (Å²) in [6.07, 6.45) is 0. The molecule has 5 heteroatoms. The van der Waals surface area contributed by atoms with Gasteiger partial charge in [0.25, 0.3) is 5.91 Å². The molecule has 1 aliphatic rings. The molecule has 1 heterocycles. The molecule has 3 aromatic carbocycles. The molecule has 4 nitrogen and oxygen atoms in total. The summed E-state index contributed by atoms with van der Waals surface area (Å²) in [7, 11) is 0. The Morgan fingerprint density at radius 1 is 0.871 bits per heavy atom. The van der Waals surface area contributed by atoms with Gasteiger partial charge < -0.3 is 15.1 Å². The number of nitrogens with zero attached hydrogens (tertiary/aromatic N) is 2. The molecule has 31 heavy (non-hydrogen) atoms. The Hall–Kier alpha value is -3.18. The minimum Gasteiger partial charge on any atom is -0.366 e. The SMILES string of the molecule is Cc1ccc([C@H]([NH2+]CC(=O)N2CCN(c3ccccc3F)CC2)c2ccccc2)cc1. The quantitative estimate of drug-likeness (QED) is 0.668. The van der Waals surface area contributed by atoms with E-state index < -0.39 is 0 Å². The number of aryl methyl sites for hydroxylation is 1. The van der Waals surface area contributed by atoms with Gasteiger partial charge in [-0.05, 0) is 19.1 Å². The number of amides is 1. The second kappa shape index (κ2) is 9.75. The third kappa shape index (κ3) is 5.12. The largest absolute Gasteiger partial charge is 0.366 e. The normalized spacial score (nSPS) is 15.0. The van der Waals surface area contributed by atoms with Crippen molar-refractivity contribution in [3.05, 3.63) is 101 Å². The number of hydrogen-bond donors (Lipinski definition) is 1. The molecule has 1 saturated heterocycles. The number of nitrogens with two attached hydrogens (primary N) is 1. The van der Waals surface area contributed by atoms with Crippen molar-refractivity contribution in [3.63, 3.8) is 0 Å². The maximum absolute atomic E-state index is 14.1. The van der Waals surface area contributed by atoms with Gasteiger partial charge >= 0.3 is 0 Å². The van der Waals surface area contributed by atoms with Gasteiger partial charge in [-0.1, -0.05) is 72.3 Å². The van der Waals surface area contributed by atoms with E-state index in [9.17, 15) is 9.18 Å². The lowest BCUT2D eigenvalue weighted by Gasteiger charge is -2.36. The topological polar surface area (TPSA) is 40.2 Å². The van der Waals surface area contributed by atoms with E-state index in [1.807, 2.05) is 34.1 Å². The van der Waals surface area contributed by atoms with Crippen molar-refractivity contribution in [1.82, 2.24) is 4.90 Å². The van der Waals surface area contributed by atoms with Crippen LogP contribution < -0.4 is 10.2 Å². The predicted molar refractivity (Wildman–Crippen MR) is 121 cm³/mol. The van der Waals surface area contributed by atoms with Gasteiger partial charge in [0.1, 0.15) is 11.9 Å². The Bertz CT molecular complexity index is 999. The molecule has 0 bridgehead atoms. The highest BCUT2D eigenvalue weighted by Gasteiger charge is 2.25. The number of hydrogen-bond acceptors (Lipinski definition) is 2. The summed E-state index contributed by atoms with van der Waals surface area (Å²) in [4.78, 5) is 16.8. The van der Waals surface area contributed by atoms with Crippen molar-refractivity contribution in [2.45, 2.75) is 13.0 Å². The van der Waals surface area contributed by atoms with Gasteiger partial charge in [0.15, 0.2) is 6.54 Å². The van der Waals surface area contributed by atoms with E-state index in [1.54, 1.807) is 12.1 Å². The summed E-state index contributed by atoms with van der Waals surface area (Å²) in [5.41, 5.74) is 4.21. The minimum atomic E-state index is -0.209. The average molecular weight is 419 g/mol. The van der Waals surface area contributed by atoms with E-state index in [2.05, 4.69) is 48.6 Å². The first-order valence-corrected chi connectivity index (χ1v) is 10.8. The van der Waals surface area contributed by atoms with Crippen LogP contribution in [0.5, 0.6) is 0 Å². The van der Waals surface area contributed by atoms with Crippen molar-refractivity contribution in [1.29, 1.82) is 0 Å². The van der Waals surface area contributed by atoms with Gasteiger partial charge in [-0.2, -0.15) is 0 Å². The maximum atomic E-state index is 14.1. The smallest absolute Gasteiger partial charge is 0.277 e. The highest BCUT2D eigenvalue weighted by atomic mass is 19.1. The second-order valence-electron chi connectivity index (χ2n) is 8.06. The van der Waals surface area contributed by atoms with Crippen LogP contribution in [-0.4, -0.2) is 43.5 Å². The van der Waals surface area contributed by atoms with Crippen LogP contribution >= 0.6 is 0 Å². The van der Waals surface area contributed by atoms with Crippen LogP contribution in [0.15, 0.2) is 78.9 Å². The van der Waals surface area contributed by atoms with Crippen molar-refractivity contribution in [2.75, 3.05) is 37.6 Å². The molecule has 0 unspecified atom stereocenters. The molecular formula is C26H29FN3O+. The van der Waals surface area contributed by atoms with E-state index in [1.165, 1.54) is 22.8 Å². The van der Waals surface area contributed by atoms with E-state index in [4.69, 9.17) is 0 Å². The predicted octanol–water partition coefficient (Wildman–Crippen LogP) is 3.14. The second-order valence-corrected chi connectivity index (χ2v) is 8.06. The summed E-state index contributed by atoms with van der Waals surface area (Å²) < 4.78 is 14.1. The van der Waals surface area contributed by atoms with Crippen LogP contribution in [0.25, 0.3) is 0 Å². The summed E-state index contributed by atoms with van der Waals surface area (Å²) >= 11 is 0. The molecule has 1 amide bonds. The van der Waals surface area contributed by atoms with Gasteiger partial charge in [-0.15, -0.1) is 0 Å². The number of anilines is 1. The zero-order valence-electron chi connectivity index (χ0n) is 17.9. The lowest BCUT2D eigenvalue weighted by Crippen LogP contribution is -2.88. The summed E-state index contributed by atoms with van der Waals surface area (Å²) in [5, 5.41) is 2.12. The molecule has 1 aliphatic heterocycles. The Morgan fingerprint density at radius 3 is 2.16 bits per heavy atom. The summed E-state index contributed by atoms with van der Waals surface area (Å²) in [6, 6.07) is 25.7. The molecule has 2 N–H and O–H groups in total. The summed E-state index contributed by atoms with van der Waals surface area (Å²) in [6.45, 7) is 4.98. The molecule has 0 saturated carbocycles. The molecule has 3 aromatic rings. The number of quaternary nitrogens is 1. The summed E-state index contributed by atoms with van der Waals surface area (Å²) in [5.74, 6) is -0.0827. The van der Waals surface area contributed by atoms with Gasteiger partial charge in [0.05, 0.1) is 5.69 Å². The lowest BCUT2D eigenvalue weighted by atomic mass is 9.98. The van der Waals surface area contributed by atoms with Crippen LogP contribution in [-0.2, 0) is 4.79 Å². The molecular weight excluding hydrogens is 389 g/mol. The number of para-hydroxylation sites is 1. The van der Waals surface area contributed by atoms with Gasteiger partial charge in [-0.25, -0.2) is 4.39 Å². The van der Waals surface area contributed by atoms with Crippen LogP contribution in [0.2, 0.25) is 0 Å². The Balaban J connectivity index is 1.38. The molecule has 4 rings (SSSR count). The molecule has 0 spiro atoms. The first-order valence-electron chi connectivity index (χ1n) is 10.8. The fourth-order valence-corrected chi connectivity index (χ4v) is 4.15. The van der Waals surface area contributed by atoms with Gasteiger partial charge in [0.2, 0.25) is 0 Å². The van der Waals surface area contributed by atoms with Crippen molar-refractivity contribution < 1.29 is 14.5 Å². The number of benzene rings is 3. The average Bonchev–Trinajstić information content (AvgIpc) is 2.81. The first-order chi connectivity index (χ1) is 15.1. The van der Waals surface area contributed by atoms with Crippen LogP contribution in [0, 0.1) is 12.7 Å². The monoisotopic (exact) mass is 418 g/mol. The lowest BCUT2D eigenvalue weighted by molar-refractivity contribution is -0.677. The van der Waals surface area contributed by atoms with Crippen molar-refractivity contribution >= 4 is 11.6 Å². The fraction of sp³-hybridized carbons (Fsp3) is 0.269. The maximum Gasteiger partial charge on any atom is 0.277 e. The third-order valence-corrected chi connectivity index (χ3v) is 5.95. The molecule has 0 aliphatic carbocycles. The Kier molecular flexibility index (Phi) is 6.63. The molecule has 1 atom stereocenters. The van der Waals surface area contributed by atoms with Crippen LogP contribution in [0.4, 0.5) is 10.1 Å². The Labute approximate surface area is 183 Å². The Morgan fingerprint density at radius 2 is 1.48 bits per heavy atom. The van der Waals surface area contributed by atoms with E-state index in [-0.39, 0.29) is 17.8 Å². The molecule has 0 radical (unpaired) electrons. The highest BCUT2D eigenvalue weighted by Crippen LogP contribution is 2.21. The van der Waals surface area contributed by atoms with Crippen molar-refractivity contribution in [2.24, 2.45) is 0 Å². The first kappa shape index (κ1) is 21.1. The number of carbonyl (C=O) groups is 1. The zero-order valence-corrected chi connectivity index (χ0v) is 17.9. The zero-order chi connectivity index (χ0) is 21.6. The van der Waals surface area contributed by atoms with Crippen molar-refractivity contribution in [3.8, 4) is 0 Å². The molecule has 0 aromatic heterocycles. The van der Waals surface area contributed by atoms with Crippen LogP contribution in [0.3, 0.4) is 0 Å². The molecule has 1 fully saturated rings. The minimum absolute atomic E-state index is 0.0745. The standard InChI is InChI=1S/C26H28FN3O/c1-20-11-13-22(14-12-20)26(21-7-3-2-4-8-21)28-19-25(31)30-17-15-29(16-18-30)24-10-6-5-9-23(24)27/h2-14,26,28H,15-19H2,1H3/p+1/t26-/m1/s1. The number of carbonyl (C=O) groups excluding carboxylic acids is 1. The van der Waals surface area contributed by atoms with Crippen LogP contribution in [0.1, 0.15) is 22.7 Å². The number of rotatable bonds is 6. The third-order valence-electron chi connectivity index (χ3n) is 5.95. The highest BCUT2D eigenvalue weighted by molar-refractivity contribution is 5.77. The van der Waals surface area contributed by atoms with Gasteiger partial charge in [-0.3, -0.25) is 4.79 Å². The number of piperazine rings is 1. The fourth-order valence-electron chi connectivity index (χ4n) is 4.15. The van der Waals surface area contributed by atoms with E-state index >= 15 is 0 Å².